The summed E-state index contributed by atoms with van der Waals surface area (Å²) in [7, 11) is 0. The van der Waals surface area contributed by atoms with Gasteiger partial charge in [0.1, 0.15) is 0 Å². The second kappa shape index (κ2) is 4.58. The van der Waals surface area contributed by atoms with E-state index in [0.717, 1.165) is 0 Å². The third kappa shape index (κ3) is 2.37. The zero-order valence-electron chi connectivity index (χ0n) is 8.73. The summed E-state index contributed by atoms with van der Waals surface area (Å²) in [4.78, 5) is 13.1. The van der Waals surface area contributed by atoms with Crippen molar-refractivity contribution >= 4 is 5.91 Å². The van der Waals surface area contributed by atoms with Crippen LogP contribution >= 0.6 is 0 Å². The van der Waals surface area contributed by atoms with Crippen molar-refractivity contribution in [2.45, 2.75) is 25.2 Å². The van der Waals surface area contributed by atoms with Crippen LogP contribution in [0.2, 0.25) is 0 Å². The number of aliphatic hydroxyl groups excluding tert-OH is 2. The zero-order valence-corrected chi connectivity index (χ0v) is 8.73. The molecule has 1 aliphatic rings. The molecule has 1 aromatic rings. The molecule has 1 fully saturated rings. The summed E-state index contributed by atoms with van der Waals surface area (Å²) in [6, 6.07) is 0. The Labute approximate surface area is 92.3 Å². The number of aromatic nitrogens is 3. The first-order valence-corrected chi connectivity index (χ1v) is 5.15. The van der Waals surface area contributed by atoms with Crippen LogP contribution in [0.1, 0.15) is 6.42 Å². The van der Waals surface area contributed by atoms with E-state index in [1.165, 1.54) is 4.90 Å². The number of aryl methyl sites for hydroxylation is 1. The molecule has 2 unspecified atom stereocenters. The number of carbonyl (C=O) groups is 1. The highest BCUT2D eigenvalue weighted by Gasteiger charge is 2.32. The second-order valence-electron chi connectivity index (χ2n) is 3.85. The maximum absolute atomic E-state index is 11.7. The summed E-state index contributed by atoms with van der Waals surface area (Å²) in [5.74, 6) is -0.0916. The molecule has 0 bridgehead atoms. The third-order valence-electron chi connectivity index (χ3n) is 2.64. The Morgan fingerprint density at radius 1 is 1.38 bits per heavy atom. The Morgan fingerprint density at radius 2 is 2.06 bits per heavy atom. The van der Waals surface area contributed by atoms with Gasteiger partial charge in [0.05, 0.1) is 24.9 Å². The largest absolute Gasteiger partial charge is 0.388 e. The predicted octanol–water partition coefficient (Wildman–Crippen LogP) is -1.77. The monoisotopic (exact) mass is 226 g/mol. The van der Waals surface area contributed by atoms with Crippen LogP contribution in [0.15, 0.2) is 12.4 Å². The van der Waals surface area contributed by atoms with Gasteiger partial charge in [0.25, 0.3) is 0 Å². The van der Waals surface area contributed by atoms with Crippen molar-refractivity contribution in [1.29, 1.82) is 0 Å². The summed E-state index contributed by atoms with van der Waals surface area (Å²) in [6.45, 7) is 0.871. The lowest BCUT2D eigenvalue weighted by atomic mass is 10.3. The number of rotatable bonds is 3. The van der Waals surface area contributed by atoms with Crippen molar-refractivity contribution in [3.63, 3.8) is 0 Å². The van der Waals surface area contributed by atoms with Gasteiger partial charge < -0.3 is 15.1 Å². The molecule has 7 heteroatoms. The highest BCUT2D eigenvalue weighted by molar-refractivity contribution is 5.76. The topological polar surface area (TPSA) is 91.5 Å². The van der Waals surface area contributed by atoms with E-state index >= 15 is 0 Å². The second-order valence-corrected chi connectivity index (χ2v) is 3.85. The van der Waals surface area contributed by atoms with Crippen molar-refractivity contribution in [2.75, 3.05) is 13.1 Å². The van der Waals surface area contributed by atoms with Crippen LogP contribution in [-0.2, 0) is 11.3 Å². The van der Waals surface area contributed by atoms with Gasteiger partial charge in [0, 0.05) is 25.7 Å². The number of hydrogen-bond donors (Lipinski definition) is 2. The zero-order chi connectivity index (χ0) is 11.5. The molecule has 7 nitrogen and oxygen atoms in total. The van der Waals surface area contributed by atoms with Crippen LogP contribution < -0.4 is 0 Å². The lowest BCUT2D eigenvalue weighted by molar-refractivity contribution is -0.131. The minimum absolute atomic E-state index is 0.0916. The Kier molecular flexibility index (Phi) is 3.16. The van der Waals surface area contributed by atoms with Gasteiger partial charge in [-0.2, -0.15) is 0 Å². The molecule has 2 atom stereocenters. The summed E-state index contributed by atoms with van der Waals surface area (Å²) in [6.07, 6.45) is 1.88. The maximum atomic E-state index is 11.7. The fourth-order valence-corrected chi connectivity index (χ4v) is 1.69. The molecule has 2 N–H and O–H groups in total. The van der Waals surface area contributed by atoms with Gasteiger partial charge in [0.2, 0.25) is 5.91 Å². The summed E-state index contributed by atoms with van der Waals surface area (Å²) >= 11 is 0. The molecule has 0 aliphatic carbocycles. The summed E-state index contributed by atoms with van der Waals surface area (Å²) in [5, 5.41) is 26.0. The minimum atomic E-state index is -0.824. The molecular formula is C9H14N4O3. The van der Waals surface area contributed by atoms with Gasteiger partial charge in [-0.15, -0.1) is 5.10 Å². The Bertz CT molecular complexity index is 344. The molecular weight excluding hydrogens is 212 g/mol. The Hall–Kier alpha value is -1.47. The van der Waals surface area contributed by atoms with Gasteiger partial charge in [-0.05, 0) is 0 Å². The number of amides is 1. The predicted molar refractivity (Wildman–Crippen MR) is 53.2 cm³/mol. The number of β-amino-alcohol motifs (C(OH)–C–C–N with tert-alkyl or cyclic N) is 2. The number of hydrogen-bond acceptors (Lipinski definition) is 5. The highest BCUT2D eigenvalue weighted by Crippen LogP contribution is 2.11. The highest BCUT2D eigenvalue weighted by atomic mass is 16.3. The van der Waals surface area contributed by atoms with Crippen LogP contribution in [0.25, 0.3) is 0 Å². The van der Waals surface area contributed by atoms with E-state index in [-0.39, 0.29) is 19.0 Å². The Morgan fingerprint density at radius 3 is 2.62 bits per heavy atom. The van der Waals surface area contributed by atoms with Gasteiger partial charge in [-0.25, -0.2) is 0 Å². The van der Waals surface area contributed by atoms with Crippen molar-refractivity contribution in [2.24, 2.45) is 0 Å². The van der Waals surface area contributed by atoms with E-state index in [4.69, 9.17) is 0 Å². The van der Waals surface area contributed by atoms with Crippen LogP contribution in [0.5, 0.6) is 0 Å². The molecule has 1 amide bonds. The molecule has 0 aromatic carbocycles. The first kappa shape index (κ1) is 11.0. The average Bonchev–Trinajstić information content (AvgIpc) is 2.86. The van der Waals surface area contributed by atoms with Crippen LogP contribution in [-0.4, -0.2) is 61.3 Å². The molecule has 16 heavy (non-hydrogen) atoms. The fraction of sp³-hybridized carbons (Fsp3) is 0.667. The van der Waals surface area contributed by atoms with E-state index in [1.807, 2.05) is 0 Å². The number of aliphatic hydroxyl groups is 2. The first-order chi connectivity index (χ1) is 7.66. The van der Waals surface area contributed by atoms with E-state index in [0.29, 0.717) is 13.0 Å². The van der Waals surface area contributed by atoms with Crippen LogP contribution in [0, 0.1) is 0 Å². The number of nitrogens with zero attached hydrogens (tertiary/aromatic N) is 4. The molecule has 1 aromatic heterocycles. The lowest BCUT2D eigenvalue weighted by Gasteiger charge is -2.14. The first-order valence-electron chi connectivity index (χ1n) is 5.15. The minimum Gasteiger partial charge on any atom is -0.388 e. The van der Waals surface area contributed by atoms with Crippen molar-refractivity contribution < 1.29 is 15.0 Å². The number of carbonyl (C=O) groups excluding carboxylic acids is 1. The normalized spacial score (nSPS) is 25.0. The molecule has 0 radical (unpaired) electrons. The molecule has 1 saturated heterocycles. The standard InChI is InChI=1S/C9H14N4O3/c14-7-5-12(6-8(7)15)9(16)1-3-13-4-2-10-11-13/h2,4,7-8,14-15H,1,3,5-6H2. The van der Waals surface area contributed by atoms with E-state index in [9.17, 15) is 15.0 Å². The average molecular weight is 226 g/mol. The van der Waals surface area contributed by atoms with Gasteiger partial charge >= 0.3 is 0 Å². The van der Waals surface area contributed by atoms with E-state index < -0.39 is 12.2 Å². The van der Waals surface area contributed by atoms with Crippen molar-refractivity contribution in [3.05, 3.63) is 12.4 Å². The van der Waals surface area contributed by atoms with Gasteiger partial charge in [0.15, 0.2) is 0 Å². The number of likely N-dealkylation sites (tertiary alicyclic amines) is 1. The van der Waals surface area contributed by atoms with Crippen LogP contribution in [0.4, 0.5) is 0 Å². The molecule has 88 valence electrons. The smallest absolute Gasteiger partial charge is 0.224 e. The van der Waals surface area contributed by atoms with Gasteiger partial charge in [-0.3, -0.25) is 9.48 Å². The summed E-state index contributed by atoms with van der Waals surface area (Å²) in [5.41, 5.74) is 0. The van der Waals surface area contributed by atoms with Crippen molar-refractivity contribution in [3.8, 4) is 0 Å². The molecule has 0 spiro atoms. The third-order valence-corrected chi connectivity index (χ3v) is 2.64. The van der Waals surface area contributed by atoms with Crippen LogP contribution in [0.3, 0.4) is 0 Å². The maximum Gasteiger partial charge on any atom is 0.224 e. The lowest BCUT2D eigenvalue weighted by Crippen LogP contribution is -2.30. The summed E-state index contributed by atoms with van der Waals surface area (Å²) < 4.78 is 1.57. The molecule has 2 heterocycles. The SMILES string of the molecule is O=C(CCn1ccnn1)N1CC(O)C(O)C1. The van der Waals surface area contributed by atoms with E-state index in [2.05, 4.69) is 10.3 Å². The molecule has 1 aliphatic heterocycles. The van der Waals surface area contributed by atoms with E-state index in [1.54, 1.807) is 17.1 Å². The van der Waals surface area contributed by atoms with Gasteiger partial charge in [-0.1, -0.05) is 5.21 Å². The fourth-order valence-electron chi connectivity index (χ4n) is 1.69. The quantitative estimate of drug-likeness (QED) is 0.636. The van der Waals surface area contributed by atoms with Crippen molar-refractivity contribution in [1.82, 2.24) is 19.9 Å². The molecule has 0 saturated carbocycles. The molecule has 2 rings (SSSR count). The Balaban J connectivity index is 1.80.